The Labute approximate surface area is 117 Å². The van der Waals surface area contributed by atoms with Crippen LogP contribution in [0.5, 0.6) is 0 Å². The highest BCUT2D eigenvalue weighted by molar-refractivity contribution is 9.10. The highest BCUT2D eigenvalue weighted by Gasteiger charge is 2.21. The van der Waals surface area contributed by atoms with Crippen LogP contribution in [0.4, 0.5) is 4.39 Å². The summed E-state index contributed by atoms with van der Waals surface area (Å²) < 4.78 is 43.6. The number of benzene rings is 1. The first-order valence-corrected chi connectivity index (χ1v) is 7.26. The Morgan fingerprint density at radius 3 is 2.68 bits per heavy atom. The van der Waals surface area contributed by atoms with Crippen LogP contribution in [-0.4, -0.2) is 39.3 Å². The summed E-state index contributed by atoms with van der Waals surface area (Å²) in [7, 11) is -2.85. The van der Waals surface area contributed by atoms with Crippen LogP contribution >= 0.6 is 15.9 Å². The van der Waals surface area contributed by atoms with E-state index in [0.29, 0.717) is 0 Å². The van der Waals surface area contributed by atoms with Gasteiger partial charge in [0.2, 0.25) is 10.0 Å². The molecule has 1 rings (SSSR count). The second kappa shape index (κ2) is 6.42. The van der Waals surface area contributed by atoms with Crippen LogP contribution in [0.2, 0.25) is 0 Å². The van der Waals surface area contributed by atoms with Crippen LogP contribution in [0.1, 0.15) is 0 Å². The molecule has 0 aliphatic heterocycles. The van der Waals surface area contributed by atoms with Crippen molar-refractivity contribution >= 4 is 31.9 Å². The summed E-state index contributed by atoms with van der Waals surface area (Å²) in [6, 6.07) is 3.27. The third-order valence-corrected chi connectivity index (χ3v) is 4.28. The van der Waals surface area contributed by atoms with E-state index in [9.17, 15) is 17.6 Å². The van der Waals surface area contributed by atoms with Crippen molar-refractivity contribution < 1.29 is 27.4 Å². The Morgan fingerprint density at radius 1 is 1.58 bits per heavy atom. The number of ether oxygens (including phenoxy) is 1. The molecule has 0 saturated heterocycles. The molecule has 106 valence electrons. The molecule has 1 atom stereocenters. The summed E-state index contributed by atoms with van der Waals surface area (Å²) in [6.07, 6.45) is -1.31. The third-order valence-electron chi connectivity index (χ3n) is 2.22. The van der Waals surface area contributed by atoms with E-state index >= 15 is 0 Å². The molecule has 0 aliphatic rings. The first kappa shape index (κ1) is 16.0. The highest BCUT2D eigenvalue weighted by Crippen LogP contribution is 2.19. The molecule has 1 aromatic carbocycles. The normalized spacial score (nSPS) is 13.2. The van der Waals surface area contributed by atoms with E-state index in [-0.39, 0.29) is 9.37 Å². The Bertz CT molecular complexity index is 577. The van der Waals surface area contributed by atoms with E-state index < -0.39 is 34.5 Å². The number of carbonyl (C=O) groups is 1. The Hall–Kier alpha value is -1.03. The molecule has 0 amide bonds. The number of aliphatic carboxylic acids is 1. The van der Waals surface area contributed by atoms with Gasteiger partial charge in [-0.15, -0.1) is 0 Å². The van der Waals surface area contributed by atoms with Crippen LogP contribution in [0.15, 0.2) is 27.6 Å². The van der Waals surface area contributed by atoms with Crippen LogP contribution in [0.25, 0.3) is 0 Å². The summed E-state index contributed by atoms with van der Waals surface area (Å²) in [6.45, 7) is -0.453. The van der Waals surface area contributed by atoms with Crippen molar-refractivity contribution in [3.8, 4) is 0 Å². The number of carboxylic acid groups (broad SMARTS) is 1. The number of hydrogen-bond donors (Lipinski definition) is 2. The van der Waals surface area contributed by atoms with Crippen molar-refractivity contribution in [3.05, 3.63) is 28.5 Å². The molecule has 0 aliphatic carbocycles. The minimum absolute atomic E-state index is 0.131. The molecule has 9 heteroatoms. The summed E-state index contributed by atoms with van der Waals surface area (Å²) in [5.74, 6) is -2.03. The quantitative estimate of drug-likeness (QED) is 0.792. The van der Waals surface area contributed by atoms with Gasteiger partial charge in [0.15, 0.2) is 6.10 Å². The van der Waals surface area contributed by atoms with Crippen molar-refractivity contribution in [1.82, 2.24) is 4.72 Å². The molecule has 0 saturated carbocycles. The zero-order chi connectivity index (χ0) is 14.6. The topological polar surface area (TPSA) is 92.7 Å². The average molecular weight is 356 g/mol. The smallest absolute Gasteiger partial charge is 0.334 e. The maximum atomic E-state index is 13.2. The number of rotatable bonds is 6. The lowest BCUT2D eigenvalue weighted by Crippen LogP contribution is -2.37. The van der Waals surface area contributed by atoms with Crippen molar-refractivity contribution in [2.75, 3.05) is 13.7 Å². The first-order valence-electron chi connectivity index (χ1n) is 4.98. The standard InChI is InChI=1S/C10H11BrFNO5S/c1-18-9(10(14)15)5-13-19(16,17)6-2-3-7(11)8(12)4-6/h2-4,9,13H,5H2,1H3,(H,14,15). The second-order valence-corrected chi connectivity index (χ2v) is 6.11. The first-order chi connectivity index (χ1) is 8.77. The molecular weight excluding hydrogens is 345 g/mol. The molecule has 6 nitrogen and oxygen atoms in total. The van der Waals surface area contributed by atoms with Gasteiger partial charge in [-0.25, -0.2) is 22.3 Å². The van der Waals surface area contributed by atoms with Gasteiger partial charge in [0, 0.05) is 13.7 Å². The van der Waals surface area contributed by atoms with Crippen molar-refractivity contribution in [1.29, 1.82) is 0 Å². The molecule has 0 spiro atoms. The number of hydrogen-bond acceptors (Lipinski definition) is 4. The van der Waals surface area contributed by atoms with E-state index in [1.807, 2.05) is 4.72 Å². The summed E-state index contributed by atoms with van der Waals surface area (Å²) in [4.78, 5) is 10.4. The molecule has 0 fully saturated rings. The number of carboxylic acids is 1. The van der Waals surface area contributed by atoms with Crippen LogP contribution in [0.3, 0.4) is 0 Å². The fraction of sp³-hybridized carbons (Fsp3) is 0.300. The molecule has 1 aromatic rings. The van der Waals surface area contributed by atoms with E-state index in [0.717, 1.165) is 13.2 Å². The molecule has 1 unspecified atom stereocenters. The molecule has 2 N–H and O–H groups in total. The molecule has 19 heavy (non-hydrogen) atoms. The van der Waals surface area contributed by atoms with Crippen molar-refractivity contribution in [3.63, 3.8) is 0 Å². The Morgan fingerprint density at radius 2 is 2.21 bits per heavy atom. The maximum Gasteiger partial charge on any atom is 0.334 e. The van der Waals surface area contributed by atoms with E-state index in [4.69, 9.17) is 5.11 Å². The van der Waals surface area contributed by atoms with Crippen LogP contribution in [-0.2, 0) is 19.6 Å². The van der Waals surface area contributed by atoms with E-state index in [1.165, 1.54) is 12.1 Å². The van der Waals surface area contributed by atoms with Crippen molar-refractivity contribution in [2.45, 2.75) is 11.0 Å². The molecule has 0 heterocycles. The van der Waals surface area contributed by atoms with Gasteiger partial charge in [-0.2, -0.15) is 0 Å². The second-order valence-electron chi connectivity index (χ2n) is 3.49. The minimum atomic E-state index is -3.99. The lowest BCUT2D eigenvalue weighted by molar-refractivity contribution is -0.147. The third kappa shape index (κ3) is 4.23. The SMILES string of the molecule is COC(CNS(=O)(=O)c1ccc(Br)c(F)c1)C(=O)O. The Balaban J connectivity index is 2.86. The average Bonchev–Trinajstić information content (AvgIpc) is 2.32. The minimum Gasteiger partial charge on any atom is -0.479 e. The van der Waals surface area contributed by atoms with E-state index in [2.05, 4.69) is 20.7 Å². The fourth-order valence-corrected chi connectivity index (χ4v) is 2.47. The van der Waals surface area contributed by atoms with Gasteiger partial charge in [0.25, 0.3) is 0 Å². The summed E-state index contributed by atoms with van der Waals surface area (Å²) >= 11 is 2.90. The lowest BCUT2D eigenvalue weighted by Gasteiger charge is -2.12. The predicted molar refractivity (Wildman–Crippen MR) is 67.7 cm³/mol. The van der Waals surface area contributed by atoms with Gasteiger partial charge in [-0.1, -0.05) is 0 Å². The number of sulfonamides is 1. The largest absolute Gasteiger partial charge is 0.479 e. The van der Waals surface area contributed by atoms with Crippen LogP contribution in [0, 0.1) is 5.82 Å². The predicted octanol–water partition coefficient (Wildman–Crippen LogP) is 0.966. The highest BCUT2D eigenvalue weighted by atomic mass is 79.9. The van der Waals surface area contributed by atoms with Gasteiger partial charge < -0.3 is 9.84 Å². The number of methoxy groups -OCH3 is 1. The maximum absolute atomic E-state index is 13.2. The van der Waals surface area contributed by atoms with Gasteiger partial charge >= 0.3 is 5.97 Å². The molecule has 0 radical (unpaired) electrons. The van der Waals surface area contributed by atoms with Gasteiger partial charge in [-0.3, -0.25) is 0 Å². The zero-order valence-corrected chi connectivity index (χ0v) is 12.2. The van der Waals surface area contributed by atoms with E-state index in [1.54, 1.807) is 0 Å². The van der Waals surface area contributed by atoms with Gasteiger partial charge in [0.05, 0.1) is 9.37 Å². The lowest BCUT2D eigenvalue weighted by atomic mass is 10.3. The summed E-state index contributed by atoms with van der Waals surface area (Å²) in [5.41, 5.74) is 0. The van der Waals surface area contributed by atoms with Crippen LogP contribution < -0.4 is 4.72 Å². The number of halogens is 2. The fourth-order valence-electron chi connectivity index (χ4n) is 1.18. The monoisotopic (exact) mass is 355 g/mol. The Kier molecular flexibility index (Phi) is 5.41. The zero-order valence-electron chi connectivity index (χ0n) is 9.76. The van der Waals surface area contributed by atoms with Gasteiger partial charge in [-0.05, 0) is 34.1 Å². The van der Waals surface area contributed by atoms with Gasteiger partial charge in [0.1, 0.15) is 5.82 Å². The van der Waals surface area contributed by atoms with Crippen molar-refractivity contribution in [2.24, 2.45) is 0 Å². The molecule has 0 aromatic heterocycles. The summed E-state index contributed by atoms with van der Waals surface area (Å²) in [5, 5.41) is 8.70. The number of nitrogens with one attached hydrogen (secondary N) is 1. The molecule has 0 bridgehead atoms. The molecular formula is C10H11BrFNO5S.